The van der Waals surface area contributed by atoms with Crippen molar-refractivity contribution in [2.24, 2.45) is 5.41 Å². The van der Waals surface area contributed by atoms with Gasteiger partial charge in [-0.2, -0.15) is 0 Å². The third kappa shape index (κ3) is 2.57. The highest BCUT2D eigenvalue weighted by Gasteiger charge is 2.47. The van der Waals surface area contributed by atoms with E-state index in [0.717, 1.165) is 25.8 Å². The molecule has 0 spiro atoms. The number of fused-ring (bicyclic) bond motifs is 1. The highest BCUT2D eigenvalue weighted by molar-refractivity contribution is 5.92. The summed E-state index contributed by atoms with van der Waals surface area (Å²) in [6, 6.07) is 5.35. The molecule has 0 unspecified atom stereocenters. The SMILES string of the molecule is CN1CCC[C@]2(CO)CCN(C(=O)c3cccc(N)n3)C[C@@H]12. The lowest BCUT2D eigenvalue weighted by Gasteiger charge is -2.53. The maximum Gasteiger partial charge on any atom is 0.272 e. The van der Waals surface area contributed by atoms with Gasteiger partial charge in [-0.05, 0) is 45.0 Å². The minimum Gasteiger partial charge on any atom is -0.396 e. The number of piperidine rings is 2. The summed E-state index contributed by atoms with van der Waals surface area (Å²) in [5, 5.41) is 9.91. The van der Waals surface area contributed by atoms with Gasteiger partial charge < -0.3 is 20.6 Å². The first kappa shape index (κ1) is 15.2. The van der Waals surface area contributed by atoms with Crippen molar-refractivity contribution >= 4 is 11.7 Å². The molecule has 1 aromatic rings. The van der Waals surface area contributed by atoms with Crippen LogP contribution in [-0.2, 0) is 0 Å². The largest absolute Gasteiger partial charge is 0.396 e. The molecule has 2 fully saturated rings. The molecule has 1 amide bonds. The van der Waals surface area contributed by atoms with Crippen LogP contribution in [-0.4, -0.2) is 65.1 Å². The van der Waals surface area contributed by atoms with E-state index in [1.807, 2.05) is 4.90 Å². The lowest BCUT2D eigenvalue weighted by molar-refractivity contribution is -0.0602. The first-order valence-electron chi connectivity index (χ1n) is 7.89. The number of hydrogen-bond acceptors (Lipinski definition) is 5. The first-order chi connectivity index (χ1) is 10.6. The Kier molecular flexibility index (Phi) is 4.06. The predicted octanol–water partition coefficient (Wildman–Crippen LogP) is 0.583. The van der Waals surface area contributed by atoms with Gasteiger partial charge in [-0.3, -0.25) is 4.79 Å². The number of nitrogen functional groups attached to an aromatic ring is 1. The normalized spacial score (nSPS) is 29.2. The molecule has 0 saturated carbocycles. The van der Waals surface area contributed by atoms with Crippen molar-refractivity contribution in [3.8, 4) is 0 Å². The number of carbonyl (C=O) groups excluding carboxylic acids is 1. The summed E-state index contributed by atoms with van der Waals surface area (Å²) in [5.41, 5.74) is 6.01. The van der Waals surface area contributed by atoms with E-state index in [9.17, 15) is 9.90 Å². The van der Waals surface area contributed by atoms with Crippen molar-refractivity contribution in [3.05, 3.63) is 23.9 Å². The van der Waals surface area contributed by atoms with Gasteiger partial charge in [0.15, 0.2) is 0 Å². The van der Waals surface area contributed by atoms with E-state index in [1.54, 1.807) is 18.2 Å². The van der Waals surface area contributed by atoms with Gasteiger partial charge in [-0.1, -0.05) is 6.07 Å². The number of carbonyl (C=O) groups is 1. The van der Waals surface area contributed by atoms with Gasteiger partial charge in [0.25, 0.3) is 5.91 Å². The number of rotatable bonds is 2. The first-order valence-corrected chi connectivity index (χ1v) is 7.89. The number of amides is 1. The molecule has 1 aromatic heterocycles. The molecule has 3 rings (SSSR count). The summed E-state index contributed by atoms with van der Waals surface area (Å²) in [7, 11) is 2.08. The third-order valence-electron chi connectivity index (χ3n) is 5.29. The summed E-state index contributed by atoms with van der Waals surface area (Å²) >= 11 is 0. The zero-order chi connectivity index (χ0) is 15.7. The molecule has 2 saturated heterocycles. The Morgan fingerprint density at radius 1 is 1.45 bits per heavy atom. The monoisotopic (exact) mass is 304 g/mol. The number of nitrogens with two attached hydrogens (primary N) is 1. The molecule has 22 heavy (non-hydrogen) atoms. The molecule has 0 radical (unpaired) electrons. The molecular formula is C16H24N4O2. The maximum atomic E-state index is 12.7. The number of anilines is 1. The van der Waals surface area contributed by atoms with Gasteiger partial charge >= 0.3 is 0 Å². The summed E-state index contributed by atoms with van der Waals surface area (Å²) in [6.07, 6.45) is 2.99. The van der Waals surface area contributed by atoms with Crippen LogP contribution in [0.2, 0.25) is 0 Å². The van der Waals surface area contributed by atoms with Crippen molar-refractivity contribution in [2.45, 2.75) is 25.3 Å². The Hall–Kier alpha value is -1.66. The molecule has 0 aromatic carbocycles. The summed E-state index contributed by atoms with van der Waals surface area (Å²) in [6.45, 7) is 2.53. The topological polar surface area (TPSA) is 82.7 Å². The molecule has 2 aliphatic rings. The second-order valence-corrected chi connectivity index (χ2v) is 6.57. The number of aromatic nitrogens is 1. The van der Waals surface area contributed by atoms with Crippen LogP contribution in [0.15, 0.2) is 18.2 Å². The number of nitrogens with zero attached hydrogens (tertiary/aromatic N) is 3. The number of aliphatic hydroxyl groups excluding tert-OH is 1. The zero-order valence-corrected chi connectivity index (χ0v) is 13.0. The van der Waals surface area contributed by atoms with Crippen LogP contribution in [0.25, 0.3) is 0 Å². The fraction of sp³-hybridized carbons (Fsp3) is 0.625. The molecule has 0 aliphatic carbocycles. The Labute approximate surface area is 130 Å². The quantitative estimate of drug-likeness (QED) is 0.835. The van der Waals surface area contributed by atoms with Gasteiger partial charge in [0.1, 0.15) is 11.5 Å². The van der Waals surface area contributed by atoms with E-state index >= 15 is 0 Å². The molecule has 2 aliphatic heterocycles. The van der Waals surface area contributed by atoms with Gasteiger partial charge in [-0.15, -0.1) is 0 Å². The second kappa shape index (κ2) is 5.85. The number of likely N-dealkylation sites (tertiary alicyclic amines) is 2. The van der Waals surface area contributed by atoms with Crippen LogP contribution >= 0.6 is 0 Å². The molecule has 3 heterocycles. The maximum absolute atomic E-state index is 12.7. The summed E-state index contributed by atoms with van der Waals surface area (Å²) in [5.74, 6) is 0.292. The lowest BCUT2D eigenvalue weighted by atomic mass is 9.69. The van der Waals surface area contributed by atoms with Crippen molar-refractivity contribution in [1.29, 1.82) is 0 Å². The van der Waals surface area contributed by atoms with Crippen molar-refractivity contribution in [1.82, 2.24) is 14.8 Å². The van der Waals surface area contributed by atoms with E-state index < -0.39 is 0 Å². The molecule has 6 heteroatoms. The van der Waals surface area contributed by atoms with Crippen molar-refractivity contribution in [2.75, 3.05) is 39.0 Å². The number of likely N-dealkylation sites (N-methyl/N-ethyl adjacent to an activating group) is 1. The Balaban J connectivity index is 1.79. The highest BCUT2D eigenvalue weighted by Crippen LogP contribution is 2.41. The standard InChI is InChI=1S/C16H24N4O2/c1-19-8-3-6-16(11-21)7-9-20(10-13(16)19)15(22)12-4-2-5-14(17)18-12/h2,4-5,13,21H,3,6-11H2,1H3,(H2,17,18)/t13-,16-/m1/s1. The predicted molar refractivity (Wildman–Crippen MR) is 84.3 cm³/mol. The molecule has 6 nitrogen and oxygen atoms in total. The second-order valence-electron chi connectivity index (χ2n) is 6.57. The Morgan fingerprint density at radius 2 is 2.27 bits per heavy atom. The molecule has 120 valence electrons. The summed E-state index contributed by atoms with van der Waals surface area (Å²) < 4.78 is 0. The highest BCUT2D eigenvalue weighted by atomic mass is 16.3. The smallest absolute Gasteiger partial charge is 0.272 e. The Morgan fingerprint density at radius 3 is 3.00 bits per heavy atom. The average Bonchev–Trinajstić information content (AvgIpc) is 2.54. The fourth-order valence-corrected chi connectivity index (χ4v) is 3.93. The van der Waals surface area contributed by atoms with Gasteiger partial charge in [0, 0.05) is 24.5 Å². The molecule has 3 N–H and O–H groups in total. The number of aliphatic hydroxyl groups is 1. The number of pyridine rings is 1. The van der Waals surface area contributed by atoms with Crippen LogP contribution < -0.4 is 5.73 Å². The molecular weight excluding hydrogens is 280 g/mol. The number of hydrogen-bond donors (Lipinski definition) is 2. The van der Waals surface area contributed by atoms with Crippen LogP contribution in [0.3, 0.4) is 0 Å². The lowest BCUT2D eigenvalue weighted by Crippen LogP contribution is -2.62. The van der Waals surface area contributed by atoms with E-state index in [-0.39, 0.29) is 24.0 Å². The van der Waals surface area contributed by atoms with E-state index in [1.165, 1.54) is 0 Å². The van der Waals surface area contributed by atoms with E-state index in [0.29, 0.717) is 24.6 Å². The van der Waals surface area contributed by atoms with Gasteiger partial charge in [0.05, 0.1) is 6.61 Å². The fourth-order valence-electron chi connectivity index (χ4n) is 3.93. The van der Waals surface area contributed by atoms with Crippen LogP contribution in [0.1, 0.15) is 29.8 Å². The average molecular weight is 304 g/mol. The van der Waals surface area contributed by atoms with Crippen LogP contribution in [0.5, 0.6) is 0 Å². The summed E-state index contributed by atoms with van der Waals surface area (Å²) in [4.78, 5) is 20.9. The Bertz CT molecular complexity index is 565. The van der Waals surface area contributed by atoms with Crippen LogP contribution in [0.4, 0.5) is 5.82 Å². The molecule has 2 atom stereocenters. The minimum absolute atomic E-state index is 0.0626. The third-order valence-corrected chi connectivity index (χ3v) is 5.29. The van der Waals surface area contributed by atoms with Crippen LogP contribution in [0, 0.1) is 5.41 Å². The van der Waals surface area contributed by atoms with E-state index in [4.69, 9.17) is 5.73 Å². The van der Waals surface area contributed by atoms with Gasteiger partial charge in [0.2, 0.25) is 0 Å². The van der Waals surface area contributed by atoms with E-state index in [2.05, 4.69) is 16.9 Å². The minimum atomic E-state index is -0.0715. The zero-order valence-electron chi connectivity index (χ0n) is 13.0. The van der Waals surface area contributed by atoms with Crippen molar-refractivity contribution in [3.63, 3.8) is 0 Å². The van der Waals surface area contributed by atoms with Gasteiger partial charge in [-0.25, -0.2) is 4.98 Å². The molecule has 0 bridgehead atoms. The van der Waals surface area contributed by atoms with Crippen molar-refractivity contribution < 1.29 is 9.90 Å².